The van der Waals surface area contributed by atoms with Gasteiger partial charge in [-0.25, -0.2) is 0 Å². The zero-order valence-electron chi connectivity index (χ0n) is 15.4. The average Bonchev–Trinajstić information content (AvgIpc) is 2.51. The fourth-order valence-electron chi connectivity index (χ4n) is 2.66. The molecule has 0 saturated heterocycles. The highest BCUT2D eigenvalue weighted by Gasteiger charge is 2.32. The first-order valence-corrected chi connectivity index (χ1v) is 10.7. The van der Waals surface area contributed by atoms with Crippen LogP contribution in [0.4, 0.5) is 0 Å². The molecule has 0 aliphatic carbocycles. The van der Waals surface area contributed by atoms with Crippen molar-refractivity contribution >= 4 is 16.1 Å². The molecule has 0 bridgehead atoms. The molecule has 0 aromatic rings. The molecule has 0 spiro atoms. The Labute approximate surface area is 147 Å². The van der Waals surface area contributed by atoms with Crippen LogP contribution >= 0.6 is 0 Å². The molecule has 142 valence electrons. The molecule has 2 unspecified atom stereocenters. The summed E-state index contributed by atoms with van der Waals surface area (Å²) < 4.78 is 37.1. The van der Waals surface area contributed by atoms with E-state index in [4.69, 9.17) is 4.74 Å². The molecule has 0 rings (SSSR count). The summed E-state index contributed by atoms with van der Waals surface area (Å²) in [5, 5.41) is -1.04. The smallest absolute Gasteiger partial charge is 0.306 e. The van der Waals surface area contributed by atoms with Crippen molar-refractivity contribution in [2.24, 2.45) is 0 Å². The third-order valence-corrected chi connectivity index (χ3v) is 5.44. The van der Waals surface area contributed by atoms with Crippen molar-refractivity contribution in [3.63, 3.8) is 0 Å². The molecular weight excluding hydrogens is 328 g/mol. The van der Waals surface area contributed by atoms with E-state index in [-0.39, 0.29) is 12.4 Å². The van der Waals surface area contributed by atoms with E-state index < -0.39 is 21.5 Å². The number of esters is 1. The van der Waals surface area contributed by atoms with Gasteiger partial charge in [0.25, 0.3) is 10.1 Å². The number of allylic oxidation sites excluding steroid dienone is 2. The van der Waals surface area contributed by atoms with Crippen LogP contribution in [0.15, 0.2) is 12.2 Å². The number of unbranched alkanes of at least 4 members (excludes halogenated alkanes) is 5. The Kier molecular flexibility index (Phi) is 12.9. The highest BCUT2D eigenvalue weighted by molar-refractivity contribution is 7.86. The Morgan fingerprint density at radius 3 is 2.17 bits per heavy atom. The van der Waals surface area contributed by atoms with Gasteiger partial charge in [0, 0.05) is 6.42 Å². The highest BCUT2D eigenvalue weighted by Crippen LogP contribution is 2.17. The van der Waals surface area contributed by atoms with E-state index in [0.29, 0.717) is 12.8 Å². The molecule has 0 fully saturated rings. The molecule has 0 radical (unpaired) electrons. The SMILES string of the molecule is CC/C=C/CCCCCCCC(=O)OC(CC)C(CC)S(=O)(=O)O. The lowest BCUT2D eigenvalue weighted by Gasteiger charge is -2.22. The Balaban J connectivity index is 3.97. The summed E-state index contributed by atoms with van der Waals surface area (Å²) in [7, 11) is -4.20. The minimum absolute atomic E-state index is 0.219. The molecule has 0 aromatic carbocycles. The summed E-state index contributed by atoms with van der Waals surface area (Å²) in [6.07, 6.45) is 11.8. The zero-order chi connectivity index (χ0) is 18.4. The molecular formula is C18H34O5S. The third-order valence-electron chi connectivity index (χ3n) is 4.04. The van der Waals surface area contributed by atoms with E-state index in [2.05, 4.69) is 19.1 Å². The van der Waals surface area contributed by atoms with Crippen LogP contribution in [0, 0.1) is 0 Å². The summed E-state index contributed by atoms with van der Waals surface area (Å²) in [6.45, 7) is 5.53. The van der Waals surface area contributed by atoms with Crippen LogP contribution in [0.2, 0.25) is 0 Å². The monoisotopic (exact) mass is 362 g/mol. The summed E-state index contributed by atoms with van der Waals surface area (Å²) >= 11 is 0. The topological polar surface area (TPSA) is 80.7 Å². The summed E-state index contributed by atoms with van der Waals surface area (Å²) in [5.74, 6) is -0.380. The van der Waals surface area contributed by atoms with Gasteiger partial charge in [0.15, 0.2) is 0 Å². The lowest BCUT2D eigenvalue weighted by atomic mass is 10.1. The van der Waals surface area contributed by atoms with Gasteiger partial charge in [0.05, 0.1) is 0 Å². The van der Waals surface area contributed by atoms with Crippen LogP contribution in [0.5, 0.6) is 0 Å². The molecule has 1 N–H and O–H groups in total. The van der Waals surface area contributed by atoms with Crippen LogP contribution in [-0.2, 0) is 19.6 Å². The molecule has 0 aliphatic heterocycles. The number of rotatable bonds is 14. The van der Waals surface area contributed by atoms with Gasteiger partial charge in [-0.3, -0.25) is 9.35 Å². The largest absolute Gasteiger partial charge is 0.461 e. The average molecular weight is 363 g/mol. The van der Waals surface area contributed by atoms with E-state index in [1.54, 1.807) is 13.8 Å². The zero-order valence-corrected chi connectivity index (χ0v) is 16.2. The molecule has 24 heavy (non-hydrogen) atoms. The predicted molar refractivity (Wildman–Crippen MR) is 97.5 cm³/mol. The normalized spacial score (nSPS) is 14.7. The second kappa shape index (κ2) is 13.4. The van der Waals surface area contributed by atoms with E-state index in [1.807, 2.05) is 0 Å². The second-order valence-electron chi connectivity index (χ2n) is 6.08. The molecule has 6 heteroatoms. The van der Waals surface area contributed by atoms with Crippen molar-refractivity contribution < 1.29 is 22.5 Å². The predicted octanol–water partition coefficient (Wildman–Crippen LogP) is 4.67. The maximum Gasteiger partial charge on any atom is 0.306 e. The lowest BCUT2D eigenvalue weighted by molar-refractivity contribution is -0.149. The highest BCUT2D eigenvalue weighted by atomic mass is 32.2. The fraction of sp³-hybridized carbons (Fsp3) is 0.833. The second-order valence-corrected chi connectivity index (χ2v) is 7.72. The van der Waals surface area contributed by atoms with Gasteiger partial charge in [-0.15, -0.1) is 0 Å². The van der Waals surface area contributed by atoms with Gasteiger partial charge >= 0.3 is 5.97 Å². The van der Waals surface area contributed by atoms with E-state index in [9.17, 15) is 17.8 Å². The van der Waals surface area contributed by atoms with Gasteiger partial charge in [0.1, 0.15) is 11.4 Å². The molecule has 0 saturated carbocycles. The first-order valence-electron chi connectivity index (χ1n) is 9.17. The van der Waals surface area contributed by atoms with E-state index in [0.717, 1.165) is 38.5 Å². The fourth-order valence-corrected chi connectivity index (χ4v) is 3.71. The summed E-state index contributed by atoms with van der Waals surface area (Å²) in [4.78, 5) is 11.9. The van der Waals surface area contributed by atoms with Crippen molar-refractivity contribution in [2.75, 3.05) is 0 Å². The van der Waals surface area contributed by atoms with Crippen LogP contribution in [-0.4, -0.2) is 30.3 Å². The lowest BCUT2D eigenvalue weighted by Crippen LogP contribution is -2.36. The van der Waals surface area contributed by atoms with Crippen LogP contribution in [0.3, 0.4) is 0 Å². The maximum absolute atomic E-state index is 11.9. The number of carbonyl (C=O) groups excluding carboxylic acids is 1. The molecule has 0 aromatic heterocycles. The number of hydrogen-bond donors (Lipinski definition) is 1. The standard InChI is InChI=1S/C18H34O5S/c1-4-7-8-9-10-11-12-13-14-15-18(19)23-16(5-2)17(6-3)24(20,21)22/h7-8,16-17H,4-6,9-15H2,1-3H3,(H,20,21,22)/b8-7+. The van der Waals surface area contributed by atoms with Gasteiger partial charge < -0.3 is 4.74 Å². The summed E-state index contributed by atoms with van der Waals surface area (Å²) in [6, 6.07) is 0. The van der Waals surface area contributed by atoms with Crippen LogP contribution < -0.4 is 0 Å². The van der Waals surface area contributed by atoms with Crippen molar-refractivity contribution in [3.8, 4) is 0 Å². The Bertz CT molecular complexity index is 456. The molecule has 2 atom stereocenters. The molecule has 0 heterocycles. The van der Waals surface area contributed by atoms with Gasteiger partial charge in [-0.2, -0.15) is 8.42 Å². The first-order chi connectivity index (χ1) is 11.4. The molecule has 5 nitrogen and oxygen atoms in total. The number of carbonyl (C=O) groups is 1. The van der Waals surface area contributed by atoms with Crippen molar-refractivity contribution in [2.45, 2.75) is 96.3 Å². The van der Waals surface area contributed by atoms with Crippen LogP contribution in [0.1, 0.15) is 85.0 Å². The van der Waals surface area contributed by atoms with Crippen molar-refractivity contribution in [1.82, 2.24) is 0 Å². The Morgan fingerprint density at radius 1 is 1.00 bits per heavy atom. The van der Waals surface area contributed by atoms with Gasteiger partial charge in [-0.1, -0.05) is 52.2 Å². The van der Waals surface area contributed by atoms with Gasteiger partial charge in [-0.05, 0) is 38.5 Å². The molecule has 0 amide bonds. The van der Waals surface area contributed by atoms with Crippen LogP contribution in [0.25, 0.3) is 0 Å². The summed E-state index contributed by atoms with van der Waals surface area (Å²) in [5.41, 5.74) is 0. The minimum atomic E-state index is -4.20. The maximum atomic E-state index is 11.9. The Hall–Kier alpha value is -0.880. The minimum Gasteiger partial charge on any atom is -0.461 e. The van der Waals surface area contributed by atoms with Crippen molar-refractivity contribution in [3.05, 3.63) is 12.2 Å². The van der Waals surface area contributed by atoms with Gasteiger partial charge in [0.2, 0.25) is 0 Å². The number of hydrogen-bond acceptors (Lipinski definition) is 4. The van der Waals surface area contributed by atoms with E-state index in [1.165, 1.54) is 6.42 Å². The quantitative estimate of drug-likeness (QED) is 0.210. The van der Waals surface area contributed by atoms with Crippen molar-refractivity contribution in [1.29, 1.82) is 0 Å². The first kappa shape index (κ1) is 23.1. The third kappa shape index (κ3) is 10.8. The Morgan fingerprint density at radius 2 is 1.62 bits per heavy atom. The number of ether oxygens (including phenoxy) is 1. The molecule has 0 aliphatic rings. The van der Waals surface area contributed by atoms with E-state index >= 15 is 0 Å².